The van der Waals surface area contributed by atoms with Crippen molar-refractivity contribution in [2.75, 3.05) is 26.0 Å². The van der Waals surface area contributed by atoms with Crippen molar-refractivity contribution in [3.05, 3.63) is 136 Å². The lowest BCUT2D eigenvalue weighted by atomic mass is 9.83. The number of likely N-dealkylation sites (N-methyl/N-ethyl adjacent to an activating group) is 2. The Hall–Kier alpha value is -7.44. The van der Waals surface area contributed by atoms with Crippen molar-refractivity contribution >= 4 is 52.9 Å². The minimum absolute atomic E-state index is 0.0238. The van der Waals surface area contributed by atoms with Crippen LogP contribution in [0.25, 0.3) is 0 Å². The fraction of sp³-hybridized carbons (Fsp3) is 0.492. The Bertz CT molecular complexity index is 3020. The van der Waals surface area contributed by atoms with Crippen LogP contribution in [0, 0.1) is 10.8 Å². The summed E-state index contributed by atoms with van der Waals surface area (Å²) < 4.78 is 0. The van der Waals surface area contributed by atoms with Crippen LogP contribution in [0.5, 0.6) is 0 Å². The SMILES string of the molecule is CN[C@@H](C)C(=O)N[C@H](C(=O)N1Cc2ccc(NC(=O)c3ccc(C(=O)NC4C[C@@H](C(=O)NC5CCCc6ccccc65)N(C(=O)[C@@H](NC(=O)[C@H](C)NC)C(C)(C)C)C4)cc3)cc2C[C@H]1C(=O)NC1CCCc2ccccc21)C(C)(C)C. The van der Waals surface area contributed by atoms with Gasteiger partial charge in [-0.15, -0.1) is 0 Å². The molecule has 0 bridgehead atoms. The minimum atomic E-state index is -0.976. The quantitative estimate of drug-likeness (QED) is 0.0696. The summed E-state index contributed by atoms with van der Waals surface area (Å²) in [5, 5.41) is 24.3. The van der Waals surface area contributed by atoms with Crippen LogP contribution in [0.15, 0.2) is 91.0 Å². The van der Waals surface area contributed by atoms with Gasteiger partial charge in [0.25, 0.3) is 11.8 Å². The number of rotatable bonds is 16. The molecule has 1 fully saturated rings. The van der Waals surface area contributed by atoms with Gasteiger partial charge in [0.2, 0.25) is 35.4 Å². The van der Waals surface area contributed by atoms with Gasteiger partial charge < -0.3 is 52.3 Å². The van der Waals surface area contributed by atoms with E-state index in [2.05, 4.69) is 54.7 Å². The molecule has 2 heterocycles. The molecule has 8 N–H and O–H groups in total. The van der Waals surface area contributed by atoms with Gasteiger partial charge in [0.05, 0.1) is 24.2 Å². The van der Waals surface area contributed by atoms with Crippen LogP contribution in [0.1, 0.15) is 154 Å². The van der Waals surface area contributed by atoms with Crippen LogP contribution in [-0.2, 0) is 54.6 Å². The zero-order chi connectivity index (χ0) is 58.5. The second kappa shape index (κ2) is 25.1. The van der Waals surface area contributed by atoms with Crippen LogP contribution in [0.4, 0.5) is 5.69 Å². The molecule has 1 saturated heterocycles. The van der Waals surface area contributed by atoms with Crippen molar-refractivity contribution in [3.63, 3.8) is 0 Å². The first-order valence-electron chi connectivity index (χ1n) is 28.6. The molecule has 4 aliphatic rings. The van der Waals surface area contributed by atoms with E-state index >= 15 is 0 Å². The maximum atomic E-state index is 14.8. The van der Waals surface area contributed by atoms with Crippen molar-refractivity contribution < 1.29 is 38.4 Å². The minimum Gasteiger partial charge on any atom is -0.347 e. The highest BCUT2D eigenvalue weighted by atomic mass is 16.2. The average molecular weight is 1110 g/mol. The predicted molar refractivity (Wildman–Crippen MR) is 311 cm³/mol. The molecule has 18 nitrogen and oxygen atoms in total. The first-order valence-corrected chi connectivity index (χ1v) is 28.6. The number of likely N-dealkylation sites (tertiary alicyclic amines) is 1. The Kier molecular flexibility index (Phi) is 18.5. The topological polar surface area (TPSA) is 239 Å². The van der Waals surface area contributed by atoms with Crippen LogP contribution >= 0.6 is 0 Å². The predicted octanol–water partition coefficient (Wildman–Crippen LogP) is 5.56. The summed E-state index contributed by atoms with van der Waals surface area (Å²) in [5.41, 5.74) is 5.61. The van der Waals surface area contributed by atoms with Gasteiger partial charge in [-0.05, 0) is 153 Å². The Balaban J connectivity index is 0.972. The van der Waals surface area contributed by atoms with Gasteiger partial charge in [0.15, 0.2) is 0 Å². The van der Waals surface area contributed by atoms with Crippen molar-refractivity contribution in [1.29, 1.82) is 0 Å². The average Bonchev–Trinajstić information content (AvgIpc) is 3.90. The molecule has 4 aromatic rings. The van der Waals surface area contributed by atoms with Crippen LogP contribution in [-0.4, -0.2) is 120 Å². The van der Waals surface area contributed by atoms with Gasteiger partial charge in [0, 0.05) is 42.4 Å². The summed E-state index contributed by atoms with van der Waals surface area (Å²) in [4.78, 5) is 116. The molecule has 432 valence electrons. The van der Waals surface area contributed by atoms with Crippen molar-refractivity contribution in [2.24, 2.45) is 10.8 Å². The first kappa shape index (κ1) is 59.7. The molecule has 8 amide bonds. The number of carbonyl (C=O) groups excluding carboxylic acids is 8. The number of fused-ring (bicyclic) bond motifs is 3. The van der Waals surface area contributed by atoms with Gasteiger partial charge in [-0.25, -0.2) is 0 Å². The third kappa shape index (κ3) is 13.8. The van der Waals surface area contributed by atoms with E-state index in [0.717, 1.165) is 60.8 Å². The van der Waals surface area contributed by atoms with Gasteiger partial charge in [0.1, 0.15) is 24.2 Å². The molecular formula is C63H82N10O8. The fourth-order valence-corrected chi connectivity index (χ4v) is 11.6. The van der Waals surface area contributed by atoms with Gasteiger partial charge in [-0.1, -0.05) is 96.1 Å². The normalized spacial score (nSPS) is 21.1. The zero-order valence-electron chi connectivity index (χ0n) is 48.6. The number of hydrogen-bond donors (Lipinski definition) is 8. The summed E-state index contributed by atoms with van der Waals surface area (Å²) >= 11 is 0. The van der Waals surface area contributed by atoms with Crippen molar-refractivity contribution in [1.82, 2.24) is 47.0 Å². The van der Waals surface area contributed by atoms with E-state index in [1.54, 1.807) is 63.2 Å². The summed E-state index contributed by atoms with van der Waals surface area (Å²) in [7, 11) is 3.33. The largest absolute Gasteiger partial charge is 0.347 e. The summed E-state index contributed by atoms with van der Waals surface area (Å²) in [5.74, 6) is -3.04. The Morgan fingerprint density at radius 3 is 1.53 bits per heavy atom. The highest BCUT2D eigenvalue weighted by Crippen LogP contribution is 2.35. The molecule has 0 spiro atoms. The van der Waals surface area contributed by atoms with Crippen molar-refractivity contribution in [2.45, 2.75) is 168 Å². The van der Waals surface area contributed by atoms with E-state index in [-0.39, 0.29) is 78.7 Å². The lowest BCUT2D eigenvalue weighted by molar-refractivity contribution is -0.147. The Morgan fingerprint density at radius 2 is 1.02 bits per heavy atom. The van der Waals surface area contributed by atoms with Crippen LogP contribution < -0.4 is 42.5 Å². The molecule has 2 aliphatic carbocycles. The molecular weight excluding hydrogens is 1020 g/mol. The highest BCUT2D eigenvalue weighted by molar-refractivity contribution is 6.05. The lowest BCUT2D eigenvalue weighted by Crippen LogP contribution is -2.62. The molecule has 18 heteroatoms. The fourth-order valence-electron chi connectivity index (χ4n) is 11.6. The van der Waals surface area contributed by atoms with E-state index in [4.69, 9.17) is 0 Å². The number of benzene rings is 4. The van der Waals surface area contributed by atoms with E-state index in [1.165, 1.54) is 16.0 Å². The second-order valence-electron chi connectivity index (χ2n) is 24.6. The van der Waals surface area contributed by atoms with E-state index in [1.807, 2.05) is 90.1 Å². The third-order valence-electron chi connectivity index (χ3n) is 16.6. The molecule has 81 heavy (non-hydrogen) atoms. The number of anilines is 1. The van der Waals surface area contributed by atoms with E-state index < -0.39 is 70.8 Å². The molecule has 3 unspecified atom stereocenters. The number of nitrogens with zero attached hydrogens (tertiary/aromatic N) is 2. The molecule has 9 atom stereocenters. The van der Waals surface area contributed by atoms with E-state index in [0.29, 0.717) is 5.69 Å². The standard InChI is InChI=1S/C63H82N10O8/c1-36(64-9)54(74)70-52(62(3,4)5)60(80)72-34-42-29-30-44(31-43(42)32-50(72)58(78)68-48-23-15-19-38-17-11-13-21-46(38)48)66-56(76)40-25-27-41(28-26-40)57(77)67-45-33-51(59(79)69-49-24-16-20-39-18-12-14-22-47(39)49)73(35-45)61(81)53(63(6,7)8)71-55(75)37(2)65-10/h11-14,17-18,21-22,25-31,36-37,45,48-53,64-65H,15-16,19-20,23-24,32-35H2,1-10H3,(H,66,76)(H,67,77)(H,68,78)(H,69,79)(H,70,74)(H,71,75)/t36-,37-,45?,48?,49?,50-,51-,52+,53+/m0/s1. The molecule has 0 aromatic heterocycles. The number of carbonyl (C=O) groups is 8. The number of aryl methyl sites for hydroxylation is 2. The first-order chi connectivity index (χ1) is 38.4. The molecule has 2 aliphatic heterocycles. The Labute approximate surface area is 476 Å². The van der Waals surface area contributed by atoms with Crippen molar-refractivity contribution in [3.8, 4) is 0 Å². The molecule has 0 saturated carbocycles. The lowest BCUT2D eigenvalue weighted by Gasteiger charge is -2.42. The maximum Gasteiger partial charge on any atom is 0.255 e. The molecule has 4 aromatic carbocycles. The van der Waals surface area contributed by atoms with Gasteiger partial charge in [-0.3, -0.25) is 38.4 Å². The van der Waals surface area contributed by atoms with Crippen LogP contribution in [0.2, 0.25) is 0 Å². The monoisotopic (exact) mass is 1110 g/mol. The van der Waals surface area contributed by atoms with Crippen LogP contribution in [0.3, 0.4) is 0 Å². The zero-order valence-corrected chi connectivity index (χ0v) is 48.6. The number of nitrogens with one attached hydrogen (secondary N) is 8. The summed E-state index contributed by atoms with van der Waals surface area (Å²) in [6.07, 6.45) is 5.41. The highest BCUT2D eigenvalue weighted by Gasteiger charge is 2.47. The molecule has 0 radical (unpaired) electrons. The van der Waals surface area contributed by atoms with Gasteiger partial charge in [-0.2, -0.15) is 0 Å². The maximum absolute atomic E-state index is 14.8. The smallest absolute Gasteiger partial charge is 0.255 e. The second-order valence-corrected chi connectivity index (χ2v) is 24.6. The third-order valence-corrected chi connectivity index (χ3v) is 16.6. The summed E-state index contributed by atoms with van der Waals surface area (Å²) in [6, 6.07) is 21.7. The summed E-state index contributed by atoms with van der Waals surface area (Å²) in [6.45, 7) is 14.7. The van der Waals surface area contributed by atoms with E-state index in [9.17, 15) is 38.4 Å². The number of hydrogen-bond acceptors (Lipinski definition) is 10. The molecule has 8 rings (SSSR count). The number of amides is 8. The Morgan fingerprint density at radius 1 is 0.543 bits per heavy atom. The van der Waals surface area contributed by atoms with Gasteiger partial charge >= 0.3 is 0 Å².